The summed E-state index contributed by atoms with van der Waals surface area (Å²) in [6.07, 6.45) is 3.89. The van der Waals surface area contributed by atoms with Crippen molar-refractivity contribution in [2.75, 3.05) is 44.2 Å². The highest BCUT2D eigenvalue weighted by molar-refractivity contribution is 6.43. The lowest BCUT2D eigenvalue weighted by Crippen LogP contribution is -2.46. The van der Waals surface area contributed by atoms with Crippen LogP contribution in [0.5, 0.6) is 0 Å². The first-order chi connectivity index (χ1) is 14.5. The smallest absolute Gasteiger partial charge is 0.270 e. The molecule has 0 aliphatic carbocycles. The fourth-order valence-corrected chi connectivity index (χ4v) is 3.64. The minimum Gasteiger partial charge on any atom is -0.368 e. The summed E-state index contributed by atoms with van der Waals surface area (Å²) in [5.41, 5.74) is 1.13. The van der Waals surface area contributed by atoms with E-state index in [0.29, 0.717) is 16.6 Å². The van der Waals surface area contributed by atoms with Crippen molar-refractivity contribution in [1.82, 2.24) is 10.2 Å². The third kappa shape index (κ3) is 5.72. The fourth-order valence-electron chi connectivity index (χ4n) is 3.23. The van der Waals surface area contributed by atoms with Gasteiger partial charge in [-0.25, -0.2) is 0 Å². The summed E-state index contributed by atoms with van der Waals surface area (Å²) in [6.45, 7) is 4.65. The Labute approximate surface area is 185 Å². The number of amides is 1. The summed E-state index contributed by atoms with van der Waals surface area (Å²) in [6, 6.07) is 11.3. The highest BCUT2D eigenvalue weighted by atomic mass is 35.5. The Kier molecular flexibility index (Phi) is 7.68. The van der Waals surface area contributed by atoms with Gasteiger partial charge in [0.15, 0.2) is 0 Å². The quantitative estimate of drug-likeness (QED) is 0.393. The molecule has 0 aromatic heterocycles. The summed E-state index contributed by atoms with van der Waals surface area (Å²) in [7, 11) is 0. The fraction of sp³-hybridized carbons (Fsp3) is 0.286. The van der Waals surface area contributed by atoms with Crippen molar-refractivity contribution in [3.63, 3.8) is 0 Å². The summed E-state index contributed by atoms with van der Waals surface area (Å²) in [4.78, 5) is 26.9. The van der Waals surface area contributed by atoms with Crippen LogP contribution in [0.4, 0.5) is 11.4 Å². The van der Waals surface area contributed by atoms with Crippen molar-refractivity contribution in [3.8, 4) is 0 Å². The highest BCUT2D eigenvalue weighted by Gasteiger charge is 2.19. The maximum atomic E-state index is 12.1. The molecule has 0 bridgehead atoms. The molecular weight excluding hydrogens is 427 g/mol. The number of nitro benzene ring substituents is 1. The van der Waals surface area contributed by atoms with Gasteiger partial charge < -0.3 is 10.2 Å². The van der Waals surface area contributed by atoms with Gasteiger partial charge in [-0.3, -0.25) is 19.8 Å². The van der Waals surface area contributed by atoms with Gasteiger partial charge in [0.05, 0.1) is 20.7 Å². The van der Waals surface area contributed by atoms with Gasteiger partial charge in [-0.15, -0.1) is 0 Å². The average Bonchev–Trinajstić information content (AvgIpc) is 2.76. The molecule has 0 unspecified atom stereocenters. The van der Waals surface area contributed by atoms with E-state index in [2.05, 4.69) is 15.1 Å². The maximum Gasteiger partial charge on any atom is 0.270 e. The van der Waals surface area contributed by atoms with Gasteiger partial charge in [0.25, 0.3) is 11.6 Å². The monoisotopic (exact) mass is 448 g/mol. The number of hydrogen-bond acceptors (Lipinski definition) is 5. The van der Waals surface area contributed by atoms with Crippen LogP contribution in [0.3, 0.4) is 0 Å². The number of anilines is 1. The molecule has 1 saturated heterocycles. The first kappa shape index (κ1) is 22.1. The number of nitrogens with one attached hydrogen (secondary N) is 1. The third-order valence-electron chi connectivity index (χ3n) is 4.87. The molecule has 3 rings (SSSR count). The number of benzene rings is 2. The topological polar surface area (TPSA) is 78.7 Å². The molecule has 1 amide bonds. The largest absolute Gasteiger partial charge is 0.368 e. The van der Waals surface area contributed by atoms with Crippen LogP contribution in [0.25, 0.3) is 0 Å². The molecule has 2 aromatic carbocycles. The second-order valence-electron chi connectivity index (χ2n) is 6.85. The zero-order valence-corrected chi connectivity index (χ0v) is 17.8. The molecule has 1 aliphatic rings. The first-order valence-corrected chi connectivity index (χ1v) is 10.3. The molecule has 1 aliphatic heterocycles. The highest BCUT2D eigenvalue weighted by Crippen LogP contribution is 2.32. The maximum absolute atomic E-state index is 12.1. The standard InChI is InChI=1S/C21H22Cl2N4O3/c22-18-7-4-8-19(20(18)23)26-13-11-25(12-14-26)10-2-1-9-24-21(28)16-5-3-6-17(15-16)27(29)30/h1-8,15H,9-14H2,(H,24,28)/b2-1+. The SMILES string of the molecule is O=C(NC/C=C/CN1CCN(c2cccc(Cl)c2Cl)CC1)c1cccc([N+](=O)[O-])c1. The van der Waals surface area contributed by atoms with E-state index in [1.165, 1.54) is 18.2 Å². The van der Waals surface area contributed by atoms with E-state index in [0.717, 1.165) is 38.4 Å². The van der Waals surface area contributed by atoms with E-state index in [4.69, 9.17) is 23.2 Å². The minimum absolute atomic E-state index is 0.101. The first-order valence-electron chi connectivity index (χ1n) is 9.54. The third-order valence-corrected chi connectivity index (χ3v) is 5.68. The molecule has 9 heteroatoms. The number of carbonyl (C=O) groups excluding carboxylic acids is 1. The number of halogens is 2. The van der Waals surface area contributed by atoms with Crippen LogP contribution in [0.2, 0.25) is 10.0 Å². The number of rotatable bonds is 7. The van der Waals surface area contributed by atoms with Crippen LogP contribution < -0.4 is 10.2 Å². The Morgan fingerprint density at radius 2 is 1.83 bits per heavy atom. The van der Waals surface area contributed by atoms with Gasteiger partial charge in [0, 0.05) is 57.0 Å². The molecule has 0 spiro atoms. The predicted molar refractivity (Wildman–Crippen MR) is 120 cm³/mol. The Hall–Kier alpha value is -2.61. The van der Waals surface area contributed by atoms with Crippen LogP contribution in [0, 0.1) is 10.1 Å². The van der Waals surface area contributed by atoms with Crippen molar-refractivity contribution in [2.45, 2.75) is 0 Å². The van der Waals surface area contributed by atoms with Gasteiger partial charge in [0.2, 0.25) is 0 Å². The summed E-state index contributed by atoms with van der Waals surface area (Å²) < 4.78 is 0. The number of non-ortho nitro benzene ring substituents is 1. The van der Waals surface area contributed by atoms with E-state index in [1.807, 2.05) is 24.3 Å². The van der Waals surface area contributed by atoms with Crippen LogP contribution in [-0.2, 0) is 0 Å². The minimum atomic E-state index is -0.517. The van der Waals surface area contributed by atoms with E-state index in [-0.39, 0.29) is 17.2 Å². The van der Waals surface area contributed by atoms with Crippen LogP contribution in [0.15, 0.2) is 54.6 Å². The molecule has 2 aromatic rings. The van der Waals surface area contributed by atoms with E-state index in [9.17, 15) is 14.9 Å². The van der Waals surface area contributed by atoms with Crippen molar-refractivity contribution in [3.05, 3.63) is 80.3 Å². The molecule has 7 nitrogen and oxygen atoms in total. The second kappa shape index (κ2) is 10.4. The summed E-state index contributed by atoms with van der Waals surface area (Å²) in [5.74, 6) is -0.338. The molecule has 1 fully saturated rings. The molecular formula is C21H22Cl2N4O3. The van der Waals surface area contributed by atoms with Crippen LogP contribution in [0.1, 0.15) is 10.4 Å². The van der Waals surface area contributed by atoms with E-state index < -0.39 is 4.92 Å². The molecule has 0 saturated carbocycles. The van der Waals surface area contributed by atoms with Gasteiger partial charge >= 0.3 is 0 Å². The normalized spacial score (nSPS) is 14.8. The van der Waals surface area contributed by atoms with Crippen molar-refractivity contribution in [2.24, 2.45) is 0 Å². The number of hydrogen-bond donors (Lipinski definition) is 1. The van der Waals surface area contributed by atoms with Gasteiger partial charge in [-0.1, -0.05) is 47.5 Å². The van der Waals surface area contributed by atoms with Crippen LogP contribution >= 0.6 is 23.2 Å². The van der Waals surface area contributed by atoms with Crippen molar-refractivity contribution in [1.29, 1.82) is 0 Å². The van der Waals surface area contributed by atoms with Crippen molar-refractivity contribution < 1.29 is 9.72 Å². The number of carbonyl (C=O) groups is 1. The zero-order chi connectivity index (χ0) is 21.5. The molecule has 0 atom stereocenters. The Morgan fingerprint density at radius 3 is 2.57 bits per heavy atom. The Bertz CT molecular complexity index is 944. The molecule has 1 heterocycles. The lowest BCUT2D eigenvalue weighted by atomic mass is 10.2. The molecule has 1 N–H and O–H groups in total. The average molecular weight is 449 g/mol. The molecule has 0 radical (unpaired) electrons. The predicted octanol–water partition coefficient (Wildman–Crippen LogP) is 4.01. The summed E-state index contributed by atoms with van der Waals surface area (Å²) in [5, 5.41) is 14.7. The Balaban J connectivity index is 1.40. The summed E-state index contributed by atoms with van der Waals surface area (Å²) >= 11 is 12.4. The Morgan fingerprint density at radius 1 is 1.10 bits per heavy atom. The second-order valence-corrected chi connectivity index (χ2v) is 7.63. The van der Waals surface area contributed by atoms with E-state index >= 15 is 0 Å². The van der Waals surface area contributed by atoms with Gasteiger partial charge in [0.1, 0.15) is 0 Å². The van der Waals surface area contributed by atoms with E-state index in [1.54, 1.807) is 12.1 Å². The lowest BCUT2D eigenvalue weighted by Gasteiger charge is -2.36. The molecule has 158 valence electrons. The zero-order valence-electron chi connectivity index (χ0n) is 16.3. The van der Waals surface area contributed by atoms with Gasteiger partial charge in [-0.05, 0) is 18.2 Å². The number of nitro groups is 1. The van der Waals surface area contributed by atoms with Crippen molar-refractivity contribution >= 4 is 40.5 Å². The van der Waals surface area contributed by atoms with Gasteiger partial charge in [-0.2, -0.15) is 0 Å². The number of nitrogens with zero attached hydrogens (tertiary/aromatic N) is 3. The number of piperazine rings is 1. The van der Waals surface area contributed by atoms with Crippen LogP contribution in [-0.4, -0.2) is 55.0 Å². The lowest BCUT2D eigenvalue weighted by molar-refractivity contribution is -0.384. The molecule has 30 heavy (non-hydrogen) atoms.